The molecule has 0 fully saturated rings. The number of hydrogen-bond acceptors (Lipinski definition) is 5. The van der Waals surface area contributed by atoms with Crippen molar-refractivity contribution in [3.8, 4) is 0 Å². The number of carboxylic acid groups (broad SMARTS) is 2. The van der Waals surface area contributed by atoms with E-state index in [1.807, 2.05) is 35.0 Å². The smallest absolute Gasteiger partial charge is 0.414 e. The number of carboxylic acids is 2. The highest BCUT2D eigenvalue weighted by molar-refractivity contribution is 7.99. The average molecular weight is 373 g/mol. The van der Waals surface area contributed by atoms with Crippen molar-refractivity contribution in [2.75, 3.05) is 19.0 Å². The topological polar surface area (TPSA) is 102 Å². The molecule has 0 spiro atoms. The van der Waals surface area contributed by atoms with Gasteiger partial charge in [0.25, 0.3) is 0 Å². The maximum absolute atomic E-state index is 9.10. The predicted molar refractivity (Wildman–Crippen MR) is 90.5 cm³/mol. The van der Waals surface area contributed by atoms with Crippen LogP contribution in [0.4, 0.5) is 0 Å². The molecule has 0 aliphatic heterocycles. The van der Waals surface area contributed by atoms with E-state index in [-0.39, 0.29) is 0 Å². The van der Waals surface area contributed by atoms with E-state index in [0.717, 1.165) is 30.5 Å². The predicted octanol–water partition coefficient (Wildman–Crippen LogP) is 2.50. The number of carbonyl (C=O) groups is 2. The van der Waals surface area contributed by atoms with Crippen LogP contribution >= 0.6 is 23.4 Å². The molecular formula is C15H17ClN2O5S. The van der Waals surface area contributed by atoms with Crippen molar-refractivity contribution in [2.24, 2.45) is 0 Å². The SMILES string of the molecule is Clc1ccc(SCCOCCn2ccnc2)cc1.O=C(O)C(=O)O. The lowest BCUT2D eigenvalue weighted by atomic mass is 10.4. The van der Waals surface area contributed by atoms with Gasteiger partial charge in [0, 0.05) is 34.6 Å². The third kappa shape index (κ3) is 9.19. The molecule has 1 aromatic heterocycles. The molecule has 1 aromatic carbocycles. The summed E-state index contributed by atoms with van der Waals surface area (Å²) in [7, 11) is 0. The van der Waals surface area contributed by atoms with Gasteiger partial charge in [0.15, 0.2) is 0 Å². The summed E-state index contributed by atoms with van der Waals surface area (Å²) in [6.07, 6.45) is 5.51. The Morgan fingerprint density at radius 3 is 2.38 bits per heavy atom. The Hall–Kier alpha value is -2.03. The molecule has 2 N–H and O–H groups in total. The first kappa shape index (κ1) is 20.0. The third-order valence-electron chi connectivity index (χ3n) is 2.55. The van der Waals surface area contributed by atoms with Crippen LogP contribution in [0.25, 0.3) is 0 Å². The van der Waals surface area contributed by atoms with Gasteiger partial charge >= 0.3 is 11.9 Å². The number of aromatic nitrogens is 2. The maximum Gasteiger partial charge on any atom is 0.414 e. The second-order valence-electron chi connectivity index (χ2n) is 4.33. The van der Waals surface area contributed by atoms with Crippen molar-refractivity contribution in [2.45, 2.75) is 11.4 Å². The van der Waals surface area contributed by atoms with Gasteiger partial charge in [-0.05, 0) is 24.3 Å². The lowest BCUT2D eigenvalue weighted by Crippen LogP contribution is -2.09. The second-order valence-corrected chi connectivity index (χ2v) is 5.93. The van der Waals surface area contributed by atoms with Gasteiger partial charge in [-0.2, -0.15) is 0 Å². The van der Waals surface area contributed by atoms with Crippen LogP contribution in [-0.2, 0) is 20.9 Å². The highest BCUT2D eigenvalue weighted by atomic mass is 35.5. The Labute approximate surface area is 148 Å². The summed E-state index contributed by atoms with van der Waals surface area (Å²) in [6.45, 7) is 2.32. The summed E-state index contributed by atoms with van der Waals surface area (Å²) < 4.78 is 7.56. The molecule has 0 unspecified atom stereocenters. The van der Waals surface area contributed by atoms with Crippen molar-refractivity contribution < 1.29 is 24.5 Å². The Kier molecular flexibility index (Phi) is 9.59. The minimum absolute atomic E-state index is 0.720. The van der Waals surface area contributed by atoms with Crippen LogP contribution < -0.4 is 0 Å². The third-order valence-corrected chi connectivity index (χ3v) is 3.77. The van der Waals surface area contributed by atoms with Crippen molar-refractivity contribution >= 4 is 35.3 Å². The fourth-order valence-electron chi connectivity index (χ4n) is 1.44. The highest BCUT2D eigenvalue weighted by Crippen LogP contribution is 2.19. The summed E-state index contributed by atoms with van der Waals surface area (Å²) in [5, 5.41) is 15.6. The number of nitrogens with zero attached hydrogens (tertiary/aromatic N) is 2. The normalized spacial score (nSPS) is 9.88. The number of ether oxygens (including phenoxy) is 1. The molecule has 0 amide bonds. The van der Waals surface area contributed by atoms with Gasteiger partial charge in [-0.3, -0.25) is 0 Å². The fraction of sp³-hybridized carbons (Fsp3) is 0.267. The molecule has 0 aliphatic rings. The molecule has 0 aliphatic carbocycles. The van der Waals surface area contributed by atoms with Crippen molar-refractivity contribution in [1.82, 2.24) is 9.55 Å². The van der Waals surface area contributed by atoms with E-state index in [2.05, 4.69) is 4.98 Å². The summed E-state index contributed by atoms with van der Waals surface area (Å²) in [4.78, 5) is 23.4. The Morgan fingerprint density at radius 2 is 1.83 bits per heavy atom. The van der Waals surface area contributed by atoms with E-state index in [9.17, 15) is 0 Å². The zero-order valence-electron chi connectivity index (χ0n) is 12.7. The van der Waals surface area contributed by atoms with Crippen molar-refractivity contribution in [1.29, 1.82) is 0 Å². The van der Waals surface area contributed by atoms with Crippen LogP contribution in [0, 0.1) is 0 Å². The molecule has 2 aromatic rings. The number of hydrogen-bond donors (Lipinski definition) is 2. The number of halogens is 1. The molecule has 2 rings (SSSR count). The number of rotatable bonds is 7. The lowest BCUT2D eigenvalue weighted by molar-refractivity contribution is -0.159. The molecule has 9 heteroatoms. The minimum Gasteiger partial charge on any atom is -0.473 e. The first-order chi connectivity index (χ1) is 11.5. The number of aliphatic carboxylic acids is 2. The number of imidazole rings is 1. The van der Waals surface area contributed by atoms with Crippen LogP contribution in [0.15, 0.2) is 47.9 Å². The fourth-order valence-corrected chi connectivity index (χ4v) is 2.33. The van der Waals surface area contributed by atoms with Gasteiger partial charge in [0.1, 0.15) is 0 Å². The van der Waals surface area contributed by atoms with Gasteiger partial charge < -0.3 is 19.5 Å². The molecule has 0 saturated carbocycles. The molecule has 0 atom stereocenters. The first-order valence-electron chi connectivity index (χ1n) is 6.87. The summed E-state index contributed by atoms with van der Waals surface area (Å²) in [6, 6.07) is 7.87. The molecule has 0 saturated heterocycles. The molecule has 0 bridgehead atoms. The second kappa shape index (κ2) is 11.5. The van der Waals surface area contributed by atoms with Gasteiger partial charge in [-0.1, -0.05) is 11.6 Å². The van der Waals surface area contributed by atoms with E-state index in [0.29, 0.717) is 0 Å². The van der Waals surface area contributed by atoms with E-state index in [4.69, 9.17) is 36.1 Å². The molecule has 0 radical (unpaired) electrons. The minimum atomic E-state index is -1.82. The van der Waals surface area contributed by atoms with Crippen molar-refractivity contribution in [3.05, 3.63) is 48.0 Å². The Morgan fingerprint density at radius 1 is 1.17 bits per heavy atom. The maximum atomic E-state index is 9.10. The van der Waals surface area contributed by atoms with E-state index in [1.165, 1.54) is 4.90 Å². The van der Waals surface area contributed by atoms with Crippen LogP contribution in [0.5, 0.6) is 0 Å². The molecular weight excluding hydrogens is 356 g/mol. The van der Waals surface area contributed by atoms with Crippen LogP contribution in [-0.4, -0.2) is 50.7 Å². The molecule has 1 heterocycles. The average Bonchev–Trinajstić information content (AvgIpc) is 3.06. The molecule has 7 nitrogen and oxygen atoms in total. The lowest BCUT2D eigenvalue weighted by Gasteiger charge is -2.05. The van der Waals surface area contributed by atoms with E-state index >= 15 is 0 Å². The number of benzene rings is 1. The summed E-state index contributed by atoms with van der Waals surface area (Å²) in [5.41, 5.74) is 0. The summed E-state index contributed by atoms with van der Waals surface area (Å²) in [5.74, 6) is -2.70. The molecule has 24 heavy (non-hydrogen) atoms. The molecule has 130 valence electrons. The van der Waals surface area contributed by atoms with E-state index in [1.54, 1.807) is 24.3 Å². The van der Waals surface area contributed by atoms with Crippen LogP contribution in [0.1, 0.15) is 0 Å². The summed E-state index contributed by atoms with van der Waals surface area (Å²) >= 11 is 7.60. The van der Waals surface area contributed by atoms with Gasteiger partial charge in [0.05, 0.1) is 19.5 Å². The Bertz CT molecular complexity index is 607. The number of thioether (sulfide) groups is 1. The largest absolute Gasteiger partial charge is 0.473 e. The zero-order valence-corrected chi connectivity index (χ0v) is 14.2. The zero-order chi connectivity index (χ0) is 17.8. The van der Waals surface area contributed by atoms with Crippen molar-refractivity contribution in [3.63, 3.8) is 0 Å². The van der Waals surface area contributed by atoms with Gasteiger partial charge in [0.2, 0.25) is 0 Å². The monoisotopic (exact) mass is 372 g/mol. The highest BCUT2D eigenvalue weighted by Gasteiger charge is 2.04. The standard InChI is InChI=1S/C13H15ClN2OS.C2H2O4/c14-12-1-3-13(4-2-12)18-10-9-17-8-7-16-6-5-15-11-16;3-1(4)2(5)6/h1-6,11H,7-10H2;(H,3,4)(H,5,6). The Balaban J connectivity index is 0.000000413. The van der Waals surface area contributed by atoms with Crippen LogP contribution in [0.3, 0.4) is 0 Å². The van der Waals surface area contributed by atoms with Crippen LogP contribution in [0.2, 0.25) is 5.02 Å². The quantitative estimate of drug-likeness (QED) is 0.437. The van der Waals surface area contributed by atoms with E-state index < -0.39 is 11.9 Å². The van der Waals surface area contributed by atoms with Gasteiger partial charge in [-0.25, -0.2) is 14.6 Å². The first-order valence-corrected chi connectivity index (χ1v) is 8.23. The van der Waals surface area contributed by atoms with Gasteiger partial charge in [-0.15, -0.1) is 11.8 Å².